The summed E-state index contributed by atoms with van der Waals surface area (Å²) in [5, 5.41) is 2.41. The van der Waals surface area contributed by atoms with Gasteiger partial charge in [0.25, 0.3) is 0 Å². The lowest BCUT2D eigenvalue weighted by Gasteiger charge is -2.36. The van der Waals surface area contributed by atoms with Crippen molar-refractivity contribution < 1.29 is 29.3 Å². The molecule has 3 rings (SSSR count). The second-order valence-corrected chi connectivity index (χ2v) is 6.76. The van der Waals surface area contributed by atoms with Gasteiger partial charge in [0.1, 0.15) is 39.3 Å². The second-order valence-electron chi connectivity index (χ2n) is 6.76. The molecule has 2 heterocycles. The van der Waals surface area contributed by atoms with E-state index < -0.39 is 0 Å². The molecule has 1 fully saturated rings. The minimum Gasteiger partial charge on any atom is -0.493 e. The van der Waals surface area contributed by atoms with Crippen LogP contribution in [0.25, 0.3) is 0 Å². The van der Waals surface area contributed by atoms with Gasteiger partial charge in [0.2, 0.25) is 5.75 Å². The lowest BCUT2D eigenvalue weighted by molar-refractivity contribution is -1.03. The number of ether oxygens (including phenoxy) is 3. The van der Waals surface area contributed by atoms with Gasteiger partial charge < -0.3 is 29.3 Å². The van der Waals surface area contributed by atoms with Crippen molar-refractivity contribution >= 4 is 0 Å². The topological polar surface area (TPSA) is 53.2 Å². The number of likely N-dealkylation sites (N-methyl/N-ethyl adjacent to an activating group) is 1. The highest BCUT2D eigenvalue weighted by atomic mass is 16.5. The van der Waals surface area contributed by atoms with Crippen molar-refractivity contribution in [3.05, 3.63) is 17.2 Å². The number of fused-ring (bicyclic) bond motifs is 1. The monoisotopic (exact) mass is 338 g/mol. The number of nitrogens with two attached hydrogens (primary N) is 1. The van der Waals surface area contributed by atoms with Crippen LogP contribution in [0.4, 0.5) is 0 Å². The molecule has 0 spiro atoms. The third kappa shape index (κ3) is 3.06. The van der Waals surface area contributed by atoms with Crippen LogP contribution in [0.3, 0.4) is 0 Å². The fourth-order valence-corrected chi connectivity index (χ4v) is 4.30. The molecule has 4 N–H and O–H groups in total. The molecule has 2 aliphatic rings. The van der Waals surface area contributed by atoms with Crippen LogP contribution in [0.2, 0.25) is 0 Å². The minimum atomic E-state index is 0.460. The average molecular weight is 338 g/mol. The molecule has 2 aliphatic heterocycles. The van der Waals surface area contributed by atoms with Crippen LogP contribution in [-0.2, 0) is 6.54 Å². The zero-order valence-corrected chi connectivity index (χ0v) is 15.4. The number of benzene rings is 1. The van der Waals surface area contributed by atoms with E-state index in [9.17, 15) is 0 Å². The third-order valence-electron chi connectivity index (χ3n) is 5.66. The molecule has 1 aromatic rings. The number of nitrogens with one attached hydrogen (secondary N) is 2. The number of methoxy groups -OCH3 is 3. The van der Waals surface area contributed by atoms with E-state index in [1.165, 1.54) is 43.9 Å². The van der Waals surface area contributed by atoms with E-state index in [0.717, 1.165) is 30.3 Å². The molecule has 0 aliphatic carbocycles. The Balaban J connectivity index is 1.97. The Kier molecular flexibility index (Phi) is 5.48. The first-order chi connectivity index (χ1) is 11.7. The number of hydrogen-bond acceptors (Lipinski definition) is 3. The summed E-state index contributed by atoms with van der Waals surface area (Å²) in [6, 6.07) is 2.59. The van der Waals surface area contributed by atoms with Crippen molar-refractivity contribution in [2.24, 2.45) is 0 Å². The van der Waals surface area contributed by atoms with Crippen LogP contribution in [0.15, 0.2) is 6.07 Å². The molecule has 1 saturated heterocycles. The second kappa shape index (κ2) is 7.59. The minimum absolute atomic E-state index is 0.460. The van der Waals surface area contributed by atoms with Gasteiger partial charge in [0, 0.05) is 5.56 Å². The Bertz CT molecular complexity index is 571. The summed E-state index contributed by atoms with van der Waals surface area (Å²) in [4.78, 5) is 3.40. The summed E-state index contributed by atoms with van der Waals surface area (Å²) in [5.74, 6) is 2.35. The van der Waals surface area contributed by atoms with Gasteiger partial charge >= 0.3 is 0 Å². The van der Waals surface area contributed by atoms with E-state index in [-0.39, 0.29) is 0 Å². The van der Waals surface area contributed by atoms with Crippen LogP contribution >= 0.6 is 0 Å². The highest BCUT2D eigenvalue weighted by molar-refractivity contribution is 5.60. The lowest BCUT2D eigenvalue weighted by atomic mass is 9.93. The molecule has 24 heavy (non-hydrogen) atoms. The zero-order chi connectivity index (χ0) is 17.1. The standard InChI is InChI=1S/C18H29N3O3/c1-5-20-6-8-21(9-7-20)14-12-19-11-13-10-15(22-2)17(23-3)18(24-4)16(13)14/h10,14,19H,5-9,11-12H2,1-4H3/p+3/t14-/m0/s1. The van der Waals surface area contributed by atoms with Gasteiger partial charge in [-0.15, -0.1) is 0 Å². The van der Waals surface area contributed by atoms with Crippen molar-refractivity contribution in [3.63, 3.8) is 0 Å². The summed E-state index contributed by atoms with van der Waals surface area (Å²) in [5.41, 5.74) is 2.64. The number of quaternary nitrogens is 3. The van der Waals surface area contributed by atoms with Crippen LogP contribution in [-0.4, -0.2) is 60.6 Å². The van der Waals surface area contributed by atoms with Crippen molar-refractivity contribution in [1.29, 1.82) is 0 Å². The SMILES string of the molecule is CC[NH+]1CC[NH+]([C@H]2C[NH2+]Cc3cc(OC)c(OC)c(OC)c32)CC1. The summed E-state index contributed by atoms with van der Waals surface area (Å²) in [6.07, 6.45) is 0. The van der Waals surface area contributed by atoms with E-state index in [4.69, 9.17) is 14.2 Å². The van der Waals surface area contributed by atoms with Gasteiger partial charge in [-0.2, -0.15) is 0 Å². The fourth-order valence-electron chi connectivity index (χ4n) is 4.30. The largest absolute Gasteiger partial charge is 0.493 e. The molecule has 6 nitrogen and oxygen atoms in total. The van der Waals surface area contributed by atoms with Gasteiger partial charge in [-0.1, -0.05) is 0 Å². The predicted octanol–water partition coefficient (Wildman–Crippen LogP) is -2.37. The predicted molar refractivity (Wildman–Crippen MR) is 91.3 cm³/mol. The Morgan fingerprint density at radius 2 is 1.75 bits per heavy atom. The molecule has 6 heteroatoms. The normalized spacial score (nSPS) is 26.6. The zero-order valence-electron chi connectivity index (χ0n) is 15.4. The van der Waals surface area contributed by atoms with Crippen molar-refractivity contribution in [1.82, 2.24) is 0 Å². The summed E-state index contributed by atoms with van der Waals surface area (Å²) >= 11 is 0. The summed E-state index contributed by atoms with van der Waals surface area (Å²) in [6.45, 7) is 10.6. The fraction of sp³-hybridized carbons (Fsp3) is 0.667. The first-order valence-electron chi connectivity index (χ1n) is 9.04. The van der Waals surface area contributed by atoms with Gasteiger partial charge in [-0.25, -0.2) is 0 Å². The van der Waals surface area contributed by atoms with Crippen LogP contribution in [0, 0.1) is 0 Å². The van der Waals surface area contributed by atoms with Gasteiger partial charge in [0.05, 0.1) is 33.4 Å². The van der Waals surface area contributed by atoms with Crippen molar-refractivity contribution in [2.45, 2.75) is 19.5 Å². The number of piperazine rings is 1. The Morgan fingerprint density at radius 3 is 2.33 bits per heavy atom. The van der Waals surface area contributed by atoms with Crippen molar-refractivity contribution in [3.8, 4) is 17.2 Å². The highest BCUT2D eigenvalue weighted by Crippen LogP contribution is 2.44. The molecule has 1 aromatic carbocycles. The summed E-state index contributed by atoms with van der Waals surface area (Å²) in [7, 11) is 5.11. The molecule has 1 atom stereocenters. The summed E-state index contributed by atoms with van der Waals surface area (Å²) < 4.78 is 16.9. The Morgan fingerprint density at radius 1 is 1.04 bits per heavy atom. The van der Waals surface area contributed by atoms with E-state index in [1.54, 1.807) is 31.1 Å². The molecular weight excluding hydrogens is 306 g/mol. The molecule has 0 bridgehead atoms. The average Bonchev–Trinajstić information content (AvgIpc) is 2.65. The lowest BCUT2D eigenvalue weighted by Crippen LogP contribution is -3.28. The molecule has 134 valence electrons. The highest BCUT2D eigenvalue weighted by Gasteiger charge is 2.39. The van der Waals surface area contributed by atoms with Crippen LogP contribution in [0.5, 0.6) is 17.2 Å². The first kappa shape index (κ1) is 17.3. The maximum atomic E-state index is 5.80. The van der Waals surface area contributed by atoms with Crippen LogP contribution in [0.1, 0.15) is 24.1 Å². The number of hydrogen-bond donors (Lipinski definition) is 3. The molecule has 0 saturated carbocycles. The quantitative estimate of drug-likeness (QED) is 0.563. The van der Waals surface area contributed by atoms with E-state index in [0.29, 0.717) is 6.04 Å². The Hall–Kier alpha value is -1.50. The molecule has 0 radical (unpaired) electrons. The van der Waals surface area contributed by atoms with Crippen LogP contribution < -0.4 is 29.3 Å². The molecule has 0 amide bonds. The van der Waals surface area contributed by atoms with E-state index in [1.807, 2.05) is 0 Å². The Labute approximate surface area is 144 Å². The maximum absolute atomic E-state index is 5.80. The molecular formula is C18H32N3O3+3. The van der Waals surface area contributed by atoms with Gasteiger partial charge in [-0.3, -0.25) is 0 Å². The molecule has 0 unspecified atom stereocenters. The van der Waals surface area contributed by atoms with Crippen molar-refractivity contribution in [2.75, 3.05) is 60.6 Å². The van der Waals surface area contributed by atoms with E-state index in [2.05, 4.69) is 18.3 Å². The maximum Gasteiger partial charge on any atom is 0.203 e. The van der Waals surface area contributed by atoms with Gasteiger partial charge in [-0.05, 0) is 13.0 Å². The third-order valence-corrected chi connectivity index (χ3v) is 5.66. The van der Waals surface area contributed by atoms with Gasteiger partial charge in [0.15, 0.2) is 17.5 Å². The smallest absolute Gasteiger partial charge is 0.203 e. The number of rotatable bonds is 5. The van der Waals surface area contributed by atoms with E-state index >= 15 is 0 Å². The first-order valence-corrected chi connectivity index (χ1v) is 9.04. The molecule has 0 aromatic heterocycles.